The minimum atomic E-state index is -0.958. The number of nitrogens with one attached hydrogen (secondary N) is 1. The summed E-state index contributed by atoms with van der Waals surface area (Å²) >= 11 is 0. The van der Waals surface area contributed by atoms with E-state index in [-0.39, 0.29) is 6.61 Å². The minimum absolute atomic E-state index is 0.280. The maximum Gasteiger partial charge on any atom is 0.0912 e. The molecule has 4 nitrogen and oxygen atoms in total. The van der Waals surface area contributed by atoms with Crippen molar-refractivity contribution >= 4 is 0 Å². The molecule has 62 valence electrons. The molecule has 0 amide bonds. The van der Waals surface area contributed by atoms with Gasteiger partial charge in [-0.05, 0) is 13.3 Å². The highest BCUT2D eigenvalue weighted by Gasteiger charge is 2.31. The van der Waals surface area contributed by atoms with E-state index in [0.717, 1.165) is 0 Å². The molecule has 2 unspecified atom stereocenters. The van der Waals surface area contributed by atoms with Crippen LogP contribution in [0.15, 0.2) is 0 Å². The van der Waals surface area contributed by atoms with Crippen LogP contribution >= 0.6 is 0 Å². The Balaban J connectivity index is 4.15. The molecule has 0 aliphatic rings. The van der Waals surface area contributed by atoms with Crippen LogP contribution in [0.3, 0.4) is 0 Å². The number of aliphatic hydroxyl groups is 2. The highest BCUT2D eigenvalue weighted by molar-refractivity contribution is 4.87. The third-order valence-corrected chi connectivity index (χ3v) is 1.94. The predicted molar refractivity (Wildman–Crippen MR) is 36.7 cm³/mol. The molecule has 0 saturated heterocycles. The highest BCUT2D eigenvalue weighted by Crippen LogP contribution is 2.13. The molecule has 4 N–H and O–H groups in total. The van der Waals surface area contributed by atoms with E-state index in [1.807, 2.05) is 5.48 Å². The SMILES string of the molecule is CCC(CO)(NO)C(C)O. The van der Waals surface area contributed by atoms with Gasteiger partial charge in [0.25, 0.3) is 0 Å². The first-order chi connectivity index (χ1) is 4.63. The molecular formula is C6H15NO3. The summed E-state index contributed by atoms with van der Waals surface area (Å²) in [6, 6.07) is 0. The van der Waals surface area contributed by atoms with Gasteiger partial charge in [-0.25, -0.2) is 0 Å². The largest absolute Gasteiger partial charge is 0.394 e. The van der Waals surface area contributed by atoms with Crippen LogP contribution in [0, 0.1) is 0 Å². The third kappa shape index (κ3) is 1.67. The van der Waals surface area contributed by atoms with Gasteiger partial charge in [0.2, 0.25) is 0 Å². The van der Waals surface area contributed by atoms with Crippen molar-refractivity contribution in [3.8, 4) is 0 Å². The first-order valence-corrected chi connectivity index (χ1v) is 3.33. The van der Waals surface area contributed by atoms with Crippen molar-refractivity contribution in [2.75, 3.05) is 6.61 Å². The number of hydrogen-bond acceptors (Lipinski definition) is 4. The number of hydroxylamine groups is 1. The van der Waals surface area contributed by atoms with Crippen LogP contribution in [0.5, 0.6) is 0 Å². The van der Waals surface area contributed by atoms with Gasteiger partial charge in [-0.3, -0.25) is 0 Å². The van der Waals surface area contributed by atoms with Gasteiger partial charge in [0, 0.05) is 0 Å². The summed E-state index contributed by atoms with van der Waals surface area (Å²) in [5.41, 5.74) is 0.956. The quantitative estimate of drug-likeness (QED) is 0.406. The van der Waals surface area contributed by atoms with Gasteiger partial charge in [-0.15, -0.1) is 0 Å². The zero-order chi connectivity index (χ0) is 8.20. The lowest BCUT2D eigenvalue weighted by Gasteiger charge is -2.31. The van der Waals surface area contributed by atoms with Crippen LogP contribution in [-0.2, 0) is 0 Å². The Morgan fingerprint density at radius 3 is 2.10 bits per heavy atom. The van der Waals surface area contributed by atoms with Crippen LogP contribution in [0.1, 0.15) is 20.3 Å². The van der Waals surface area contributed by atoms with Crippen molar-refractivity contribution in [2.24, 2.45) is 0 Å². The van der Waals surface area contributed by atoms with Gasteiger partial charge in [-0.1, -0.05) is 6.92 Å². The zero-order valence-corrected chi connectivity index (χ0v) is 6.33. The second-order valence-corrected chi connectivity index (χ2v) is 2.46. The Hall–Kier alpha value is -0.160. The van der Waals surface area contributed by atoms with Crippen LogP contribution in [-0.4, -0.2) is 33.7 Å². The van der Waals surface area contributed by atoms with E-state index in [1.165, 1.54) is 6.92 Å². The lowest BCUT2D eigenvalue weighted by molar-refractivity contribution is -0.0515. The second kappa shape index (κ2) is 3.88. The zero-order valence-electron chi connectivity index (χ0n) is 6.33. The molecule has 0 radical (unpaired) electrons. The number of rotatable bonds is 4. The Labute approximate surface area is 60.5 Å². The molecule has 0 aromatic carbocycles. The Kier molecular flexibility index (Phi) is 3.81. The maximum absolute atomic E-state index is 9.08. The summed E-state index contributed by atoms with van der Waals surface area (Å²) in [5.74, 6) is 0. The second-order valence-electron chi connectivity index (χ2n) is 2.46. The first-order valence-electron chi connectivity index (χ1n) is 3.33. The van der Waals surface area contributed by atoms with Crippen LogP contribution in [0.4, 0.5) is 0 Å². The van der Waals surface area contributed by atoms with E-state index in [9.17, 15) is 0 Å². The summed E-state index contributed by atoms with van der Waals surface area (Å²) in [5, 5.41) is 26.4. The molecule has 0 heterocycles. The molecule has 0 aromatic heterocycles. The van der Waals surface area contributed by atoms with E-state index in [1.54, 1.807) is 6.92 Å². The van der Waals surface area contributed by atoms with Crippen LogP contribution in [0.25, 0.3) is 0 Å². The summed E-state index contributed by atoms with van der Waals surface area (Å²) in [4.78, 5) is 0. The average molecular weight is 149 g/mol. The van der Waals surface area contributed by atoms with Crippen molar-refractivity contribution < 1.29 is 15.4 Å². The van der Waals surface area contributed by atoms with E-state index in [2.05, 4.69) is 0 Å². The van der Waals surface area contributed by atoms with Gasteiger partial charge < -0.3 is 15.4 Å². The van der Waals surface area contributed by atoms with Crippen LogP contribution in [0.2, 0.25) is 0 Å². The van der Waals surface area contributed by atoms with Gasteiger partial charge in [-0.2, -0.15) is 5.48 Å². The van der Waals surface area contributed by atoms with Crippen molar-refractivity contribution in [1.82, 2.24) is 5.48 Å². The monoisotopic (exact) mass is 149 g/mol. The first kappa shape index (κ1) is 9.84. The normalized spacial score (nSPS) is 20.1. The highest BCUT2D eigenvalue weighted by atomic mass is 16.5. The summed E-state index contributed by atoms with van der Waals surface area (Å²) in [7, 11) is 0. The molecule has 0 rings (SSSR count). The molecule has 4 heteroatoms. The molecule has 2 atom stereocenters. The molecule has 0 aromatic rings. The average Bonchev–Trinajstić information content (AvgIpc) is 1.92. The summed E-state index contributed by atoms with van der Waals surface area (Å²) in [6.45, 7) is 3.01. The Bertz CT molecular complexity index is 82.7. The fraction of sp³-hybridized carbons (Fsp3) is 1.00. The molecule has 0 spiro atoms. The number of hydrogen-bond donors (Lipinski definition) is 4. The predicted octanol–water partition coefficient (Wildman–Crippen LogP) is -0.513. The topological polar surface area (TPSA) is 72.7 Å². The van der Waals surface area contributed by atoms with E-state index in [4.69, 9.17) is 15.4 Å². The third-order valence-electron chi connectivity index (χ3n) is 1.94. The van der Waals surface area contributed by atoms with Crippen molar-refractivity contribution in [3.63, 3.8) is 0 Å². The number of aliphatic hydroxyl groups excluding tert-OH is 2. The summed E-state index contributed by atoms with van der Waals surface area (Å²) < 4.78 is 0. The van der Waals surface area contributed by atoms with Gasteiger partial charge in [0.15, 0.2) is 0 Å². The molecule has 10 heavy (non-hydrogen) atoms. The lowest BCUT2D eigenvalue weighted by Crippen LogP contribution is -2.54. The van der Waals surface area contributed by atoms with Crippen molar-refractivity contribution in [2.45, 2.75) is 31.9 Å². The molecule has 0 aliphatic carbocycles. The molecule has 0 aliphatic heterocycles. The molecule has 0 saturated carbocycles. The molecular weight excluding hydrogens is 134 g/mol. The molecule has 0 bridgehead atoms. The van der Waals surface area contributed by atoms with Gasteiger partial charge >= 0.3 is 0 Å². The lowest BCUT2D eigenvalue weighted by atomic mass is 9.92. The van der Waals surface area contributed by atoms with Gasteiger partial charge in [0.1, 0.15) is 0 Å². The van der Waals surface area contributed by atoms with E-state index in [0.29, 0.717) is 6.42 Å². The fourth-order valence-electron chi connectivity index (χ4n) is 0.747. The van der Waals surface area contributed by atoms with E-state index < -0.39 is 11.6 Å². The Morgan fingerprint density at radius 1 is 1.60 bits per heavy atom. The molecule has 0 fully saturated rings. The van der Waals surface area contributed by atoms with E-state index >= 15 is 0 Å². The maximum atomic E-state index is 9.08. The smallest absolute Gasteiger partial charge is 0.0912 e. The minimum Gasteiger partial charge on any atom is -0.394 e. The Morgan fingerprint density at radius 2 is 2.10 bits per heavy atom. The standard InChI is InChI=1S/C6H15NO3/c1-3-6(4-8,7-10)5(2)9/h5,7-10H,3-4H2,1-2H3. The summed E-state index contributed by atoms with van der Waals surface area (Å²) in [6.07, 6.45) is -0.301. The van der Waals surface area contributed by atoms with Gasteiger partial charge in [0.05, 0.1) is 18.2 Å². The fourth-order valence-corrected chi connectivity index (χ4v) is 0.747. The van der Waals surface area contributed by atoms with Crippen LogP contribution < -0.4 is 5.48 Å². The van der Waals surface area contributed by atoms with Crippen molar-refractivity contribution in [3.05, 3.63) is 0 Å². The van der Waals surface area contributed by atoms with Crippen molar-refractivity contribution in [1.29, 1.82) is 0 Å².